The Kier molecular flexibility index (Phi) is 4.80. The van der Waals surface area contributed by atoms with Gasteiger partial charge in [-0.1, -0.05) is 6.92 Å². The lowest BCUT2D eigenvalue weighted by molar-refractivity contribution is -0.138. The molecule has 1 saturated carbocycles. The molecule has 1 aliphatic heterocycles. The van der Waals surface area contributed by atoms with Crippen molar-refractivity contribution in [2.24, 2.45) is 0 Å². The van der Waals surface area contributed by atoms with Crippen molar-refractivity contribution in [3.63, 3.8) is 0 Å². The Morgan fingerprint density at radius 3 is 2.68 bits per heavy atom. The molecule has 2 rings (SSSR count). The molecule has 1 saturated heterocycles. The molecular weight excluding hydrogens is 242 g/mol. The van der Waals surface area contributed by atoms with Crippen LogP contribution in [-0.4, -0.2) is 47.9 Å². The number of rotatable bonds is 6. The van der Waals surface area contributed by atoms with Crippen LogP contribution < -0.4 is 10.6 Å². The van der Waals surface area contributed by atoms with E-state index in [-0.39, 0.29) is 23.9 Å². The predicted molar refractivity (Wildman–Crippen MR) is 73.7 cm³/mol. The first-order valence-corrected chi connectivity index (χ1v) is 7.45. The van der Waals surface area contributed by atoms with Gasteiger partial charge in [-0.2, -0.15) is 0 Å². The quantitative estimate of drug-likeness (QED) is 0.742. The molecule has 2 amide bonds. The Labute approximate surface area is 115 Å². The molecule has 1 heterocycles. The SMILES string of the molecule is CCNC(C)CC(=O)N1CCCC1C(=O)NC1CC1. The van der Waals surface area contributed by atoms with Gasteiger partial charge >= 0.3 is 0 Å². The summed E-state index contributed by atoms with van der Waals surface area (Å²) in [5, 5.41) is 6.25. The number of likely N-dealkylation sites (tertiary alicyclic amines) is 1. The fourth-order valence-electron chi connectivity index (χ4n) is 2.66. The molecule has 2 aliphatic rings. The summed E-state index contributed by atoms with van der Waals surface area (Å²) in [6, 6.07) is 0.304. The van der Waals surface area contributed by atoms with Crippen molar-refractivity contribution in [1.82, 2.24) is 15.5 Å². The van der Waals surface area contributed by atoms with Gasteiger partial charge in [0, 0.05) is 25.0 Å². The van der Waals surface area contributed by atoms with Gasteiger partial charge in [0.1, 0.15) is 6.04 Å². The molecule has 108 valence electrons. The monoisotopic (exact) mass is 267 g/mol. The first-order valence-electron chi connectivity index (χ1n) is 7.45. The molecule has 0 radical (unpaired) electrons. The number of amides is 2. The molecule has 1 aliphatic carbocycles. The van der Waals surface area contributed by atoms with E-state index in [2.05, 4.69) is 10.6 Å². The summed E-state index contributed by atoms with van der Waals surface area (Å²) >= 11 is 0. The van der Waals surface area contributed by atoms with Gasteiger partial charge in [0.15, 0.2) is 0 Å². The van der Waals surface area contributed by atoms with Gasteiger partial charge in [0.2, 0.25) is 11.8 Å². The first-order chi connectivity index (χ1) is 9.11. The van der Waals surface area contributed by atoms with Crippen molar-refractivity contribution >= 4 is 11.8 Å². The summed E-state index contributed by atoms with van der Waals surface area (Å²) in [5.41, 5.74) is 0. The highest BCUT2D eigenvalue weighted by Crippen LogP contribution is 2.23. The Morgan fingerprint density at radius 2 is 2.05 bits per heavy atom. The van der Waals surface area contributed by atoms with Crippen LogP contribution in [0.15, 0.2) is 0 Å². The molecule has 0 aromatic heterocycles. The van der Waals surface area contributed by atoms with Crippen LogP contribution in [0.2, 0.25) is 0 Å². The highest BCUT2D eigenvalue weighted by atomic mass is 16.2. The molecule has 2 N–H and O–H groups in total. The summed E-state index contributed by atoms with van der Waals surface area (Å²) < 4.78 is 0. The van der Waals surface area contributed by atoms with Crippen LogP contribution in [0.1, 0.15) is 46.0 Å². The Morgan fingerprint density at radius 1 is 1.32 bits per heavy atom. The third-order valence-corrected chi connectivity index (χ3v) is 3.83. The standard InChI is InChI=1S/C14H25N3O2/c1-3-15-10(2)9-13(18)17-8-4-5-12(17)14(19)16-11-6-7-11/h10-12,15H,3-9H2,1-2H3,(H,16,19). The van der Waals surface area contributed by atoms with Crippen molar-refractivity contribution in [1.29, 1.82) is 0 Å². The fraction of sp³-hybridized carbons (Fsp3) is 0.857. The first kappa shape index (κ1) is 14.3. The van der Waals surface area contributed by atoms with Crippen LogP contribution in [0.5, 0.6) is 0 Å². The van der Waals surface area contributed by atoms with E-state index in [0.29, 0.717) is 12.5 Å². The van der Waals surface area contributed by atoms with Crippen molar-refractivity contribution < 1.29 is 9.59 Å². The number of nitrogens with zero attached hydrogens (tertiary/aromatic N) is 1. The molecule has 19 heavy (non-hydrogen) atoms. The van der Waals surface area contributed by atoms with Gasteiger partial charge in [0.05, 0.1) is 0 Å². The Hall–Kier alpha value is -1.10. The van der Waals surface area contributed by atoms with Crippen molar-refractivity contribution in [3.8, 4) is 0 Å². The maximum absolute atomic E-state index is 12.3. The third kappa shape index (κ3) is 3.93. The molecule has 2 unspecified atom stereocenters. The average Bonchev–Trinajstić information content (AvgIpc) is 3.02. The van der Waals surface area contributed by atoms with Gasteiger partial charge in [-0.15, -0.1) is 0 Å². The molecule has 0 spiro atoms. The van der Waals surface area contributed by atoms with Crippen LogP contribution in [-0.2, 0) is 9.59 Å². The van der Waals surface area contributed by atoms with Crippen molar-refractivity contribution in [2.45, 2.75) is 64.1 Å². The van der Waals surface area contributed by atoms with E-state index in [1.807, 2.05) is 13.8 Å². The summed E-state index contributed by atoms with van der Waals surface area (Å²) in [7, 11) is 0. The van der Waals surface area contributed by atoms with E-state index in [9.17, 15) is 9.59 Å². The lowest BCUT2D eigenvalue weighted by atomic mass is 10.1. The van der Waals surface area contributed by atoms with Gasteiger partial charge in [0.25, 0.3) is 0 Å². The fourth-order valence-corrected chi connectivity index (χ4v) is 2.66. The summed E-state index contributed by atoms with van der Waals surface area (Å²) in [6.45, 7) is 5.62. The largest absolute Gasteiger partial charge is 0.352 e. The second kappa shape index (κ2) is 6.37. The highest BCUT2D eigenvalue weighted by molar-refractivity contribution is 5.88. The molecule has 0 aromatic rings. The molecule has 2 fully saturated rings. The third-order valence-electron chi connectivity index (χ3n) is 3.83. The molecule has 5 heteroatoms. The van der Waals surface area contributed by atoms with E-state index in [0.717, 1.165) is 38.8 Å². The maximum Gasteiger partial charge on any atom is 0.243 e. The minimum Gasteiger partial charge on any atom is -0.352 e. The number of carbonyl (C=O) groups is 2. The van der Waals surface area contributed by atoms with Crippen LogP contribution >= 0.6 is 0 Å². The number of hydrogen-bond donors (Lipinski definition) is 2. The van der Waals surface area contributed by atoms with E-state index < -0.39 is 0 Å². The van der Waals surface area contributed by atoms with E-state index >= 15 is 0 Å². The smallest absolute Gasteiger partial charge is 0.243 e. The Bertz CT molecular complexity index is 342. The van der Waals surface area contributed by atoms with Gasteiger partial charge in [-0.25, -0.2) is 0 Å². The van der Waals surface area contributed by atoms with Crippen LogP contribution in [0, 0.1) is 0 Å². The van der Waals surface area contributed by atoms with E-state index in [1.54, 1.807) is 4.90 Å². The zero-order valence-electron chi connectivity index (χ0n) is 11.9. The summed E-state index contributed by atoms with van der Waals surface area (Å²) in [6.07, 6.45) is 4.39. The van der Waals surface area contributed by atoms with Crippen molar-refractivity contribution in [2.75, 3.05) is 13.1 Å². The number of hydrogen-bond acceptors (Lipinski definition) is 3. The van der Waals surface area contributed by atoms with E-state index in [1.165, 1.54) is 0 Å². The van der Waals surface area contributed by atoms with E-state index in [4.69, 9.17) is 0 Å². The lowest BCUT2D eigenvalue weighted by Gasteiger charge is -2.25. The molecule has 5 nitrogen and oxygen atoms in total. The number of nitrogens with one attached hydrogen (secondary N) is 2. The summed E-state index contributed by atoms with van der Waals surface area (Å²) in [5.74, 6) is 0.145. The highest BCUT2D eigenvalue weighted by Gasteiger charge is 2.36. The van der Waals surface area contributed by atoms with Gasteiger partial charge in [-0.3, -0.25) is 9.59 Å². The Balaban J connectivity index is 1.86. The topological polar surface area (TPSA) is 61.4 Å². The average molecular weight is 267 g/mol. The van der Waals surface area contributed by atoms with Crippen molar-refractivity contribution in [3.05, 3.63) is 0 Å². The normalized spacial score (nSPS) is 24.3. The van der Waals surface area contributed by atoms with Gasteiger partial charge in [-0.05, 0) is 39.2 Å². The maximum atomic E-state index is 12.3. The molecule has 2 atom stereocenters. The summed E-state index contributed by atoms with van der Waals surface area (Å²) in [4.78, 5) is 26.1. The van der Waals surface area contributed by atoms with Crippen LogP contribution in [0.4, 0.5) is 0 Å². The van der Waals surface area contributed by atoms with Crippen LogP contribution in [0.3, 0.4) is 0 Å². The molecular formula is C14H25N3O2. The van der Waals surface area contributed by atoms with Gasteiger partial charge < -0.3 is 15.5 Å². The minimum absolute atomic E-state index is 0.0458. The second-order valence-electron chi connectivity index (χ2n) is 5.69. The van der Waals surface area contributed by atoms with Crippen LogP contribution in [0.25, 0.3) is 0 Å². The predicted octanol–water partition coefficient (Wildman–Crippen LogP) is 0.644. The zero-order valence-corrected chi connectivity index (χ0v) is 11.9. The number of carbonyl (C=O) groups excluding carboxylic acids is 2. The molecule has 0 aromatic carbocycles. The molecule has 0 bridgehead atoms. The second-order valence-corrected chi connectivity index (χ2v) is 5.69. The zero-order chi connectivity index (χ0) is 13.8. The minimum atomic E-state index is -0.234. The lowest BCUT2D eigenvalue weighted by Crippen LogP contribution is -2.47.